The summed E-state index contributed by atoms with van der Waals surface area (Å²) in [7, 11) is 0. The van der Waals surface area contributed by atoms with E-state index in [1.165, 1.54) is 30.2 Å². The van der Waals surface area contributed by atoms with Crippen molar-refractivity contribution in [3.8, 4) is 11.3 Å². The first kappa shape index (κ1) is 17.0. The summed E-state index contributed by atoms with van der Waals surface area (Å²) in [6.45, 7) is 2.14. The van der Waals surface area contributed by atoms with E-state index in [4.69, 9.17) is 0 Å². The highest BCUT2D eigenvalue weighted by Crippen LogP contribution is 2.21. The Morgan fingerprint density at radius 3 is 2.50 bits per heavy atom. The van der Waals surface area contributed by atoms with Crippen molar-refractivity contribution in [3.05, 3.63) is 42.0 Å². The fourth-order valence-corrected chi connectivity index (χ4v) is 3.57. The van der Waals surface area contributed by atoms with Gasteiger partial charge in [-0.2, -0.15) is 0 Å². The van der Waals surface area contributed by atoms with Gasteiger partial charge in [0.05, 0.1) is 11.4 Å². The van der Waals surface area contributed by atoms with Gasteiger partial charge in [0.25, 0.3) is 0 Å². The van der Waals surface area contributed by atoms with E-state index in [2.05, 4.69) is 46.7 Å². The normalized spacial score (nSPS) is 14.7. The zero-order valence-electron chi connectivity index (χ0n) is 14.0. The Labute approximate surface area is 147 Å². The second kappa shape index (κ2) is 8.29. The van der Waals surface area contributed by atoms with Crippen LogP contribution in [0.25, 0.3) is 11.3 Å². The molecule has 126 valence electrons. The predicted octanol–water partition coefficient (Wildman–Crippen LogP) is 3.86. The fraction of sp³-hybridized carbons (Fsp3) is 0.421. The van der Waals surface area contributed by atoms with Gasteiger partial charge in [-0.1, -0.05) is 55.8 Å². The average Bonchev–Trinajstić information content (AvgIpc) is 3.13. The fourth-order valence-electron chi connectivity index (χ4n) is 2.94. The van der Waals surface area contributed by atoms with Crippen LogP contribution in [0.2, 0.25) is 0 Å². The SMILES string of the molecule is CCc1ccc(-c2ccc(SCC(=O)NC3CCCC3)nn2)cc1. The molecule has 0 atom stereocenters. The van der Waals surface area contributed by atoms with Crippen molar-refractivity contribution in [1.82, 2.24) is 15.5 Å². The van der Waals surface area contributed by atoms with Gasteiger partial charge in [-0.15, -0.1) is 10.2 Å². The van der Waals surface area contributed by atoms with Crippen LogP contribution in [-0.4, -0.2) is 27.9 Å². The number of rotatable bonds is 6. The number of hydrogen-bond acceptors (Lipinski definition) is 4. The van der Waals surface area contributed by atoms with Crippen LogP contribution in [0.15, 0.2) is 41.4 Å². The van der Waals surface area contributed by atoms with E-state index < -0.39 is 0 Å². The molecule has 24 heavy (non-hydrogen) atoms. The molecule has 0 bridgehead atoms. The van der Waals surface area contributed by atoms with Crippen LogP contribution in [0.3, 0.4) is 0 Å². The summed E-state index contributed by atoms with van der Waals surface area (Å²) in [6.07, 6.45) is 5.71. The lowest BCUT2D eigenvalue weighted by Gasteiger charge is -2.11. The number of aryl methyl sites for hydroxylation is 1. The third-order valence-electron chi connectivity index (χ3n) is 4.37. The van der Waals surface area contributed by atoms with Gasteiger partial charge >= 0.3 is 0 Å². The Hall–Kier alpha value is -1.88. The lowest BCUT2D eigenvalue weighted by molar-refractivity contribution is -0.119. The molecule has 5 heteroatoms. The lowest BCUT2D eigenvalue weighted by Crippen LogP contribution is -2.33. The molecule has 0 aliphatic heterocycles. The molecule has 1 saturated carbocycles. The second-order valence-corrected chi connectivity index (χ2v) is 7.14. The molecular formula is C19H23N3OS. The van der Waals surface area contributed by atoms with Crippen LogP contribution < -0.4 is 5.32 Å². The molecule has 4 nitrogen and oxygen atoms in total. The van der Waals surface area contributed by atoms with Crippen molar-refractivity contribution >= 4 is 17.7 Å². The van der Waals surface area contributed by atoms with Crippen molar-refractivity contribution in [2.75, 3.05) is 5.75 Å². The van der Waals surface area contributed by atoms with E-state index in [9.17, 15) is 4.79 Å². The number of nitrogens with one attached hydrogen (secondary N) is 1. The number of aromatic nitrogens is 2. The highest BCUT2D eigenvalue weighted by Gasteiger charge is 2.17. The molecule has 1 aliphatic carbocycles. The summed E-state index contributed by atoms with van der Waals surface area (Å²) in [6, 6.07) is 12.7. The minimum absolute atomic E-state index is 0.0907. The number of carbonyl (C=O) groups is 1. The summed E-state index contributed by atoms with van der Waals surface area (Å²) in [4.78, 5) is 11.9. The molecule has 2 aromatic rings. The van der Waals surface area contributed by atoms with E-state index >= 15 is 0 Å². The van der Waals surface area contributed by atoms with Gasteiger partial charge in [0, 0.05) is 11.6 Å². The van der Waals surface area contributed by atoms with Crippen molar-refractivity contribution in [2.45, 2.75) is 50.1 Å². The molecule has 0 spiro atoms. The van der Waals surface area contributed by atoms with Crippen LogP contribution in [0.5, 0.6) is 0 Å². The maximum Gasteiger partial charge on any atom is 0.230 e. The van der Waals surface area contributed by atoms with E-state index in [-0.39, 0.29) is 5.91 Å². The van der Waals surface area contributed by atoms with Crippen LogP contribution in [0, 0.1) is 0 Å². The molecule has 0 saturated heterocycles. The molecular weight excluding hydrogens is 318 g/mol. The molecule has 1 amide bonds. The highest BCUT2D eigenvalue weighted by molar-refractivity contribution is 7.99. The minimum Gasteiger partial charge on any atom is -0.353 e. The maximum atomic E-state index is 11.9. The van der Waals surface area contributed by atoms with Gasteiger partial charge in [0.2, 0.25) is 5.91 Å². The number of carbonyl (C=O) groups excluding carboxylic acids is 1. The standard InChI is InChI=1S/C19H23N3OS/c1-2-14-7-9-15(10-8-14)17-11-12-19(22-21-17)24-13-18(23)20-16-5-3-4-6-16/h7-12,16H,2-6,13H2,1H3,(H,20,23). The Kier molecular flexibility index (Phi) is 5.86. The van der Waals surface area contributed by atoms with Gasteiger partial charge in [0.15, 0.2) is 0 Å². The minimum atomic E-state index is 0.0907. The molecule has 0 radical (unpaired) electrons. The van der Waals surface area contributed by atoms with Gasteiger partial charge in [0.1, 0.15) is 5.03 Å². The number of thioether (sulfide) groups is 1. The average molecular weight is 341 g/mol. The largest absolute Gasteiger partial charge is 0.353 e. The Morgan fingerprint density at radius 2 is 1.88 bits per heavy atom. The first-order valence-electron chi connectivity index (χ1n) is 8.60. The second-order valence-electron chi connectivity index (χ2n) is 6.14. The summed E-state index contributed by atoms with van der Waals surface area (Å²) >= 11 is 1.44. The molecule has 1 N–H and O–H groups in total. The molecule has 1 heterocycles. The van der Waals surface area contributed by atoms with Crippen molar-refractivity contribution in [2.24, 2.45) is 0 Å². The summed E-state index contributed by atoms with van der Waals surface area (Å²) in [5.41, 5.74) is 3.24. The molecule has 0 unspecified atom stereocenters. The molecule has 1 aromatic heterocycles. The van der Waals surface area contributed by atoms with Crippen LogP contribution in [0.4, 0.5) is 0 Å². The van der Waals surface area contributed by atoms with Gasteiger partial charge < -0.3 is 5.32 Å². The van der Waals surface area contributed by atoms with Crippen molar-refractivity contribution in [1.29, 1.82) is 0 Å². The lowest BCUT2D eigenvalue weighted by atomic mass is 10.1. The Bertz CT molecular complexity index is 664. The van der Waals surface area contributed by atoms with E-state index in [0.717, 1.165) is 35.5 Å². The van der Waals surface area contributed by atoms with Crippen molar-refractivity contribution in [3.63, 3.8) is 0 Å². The van der Waals surface area contributed by atoms with Gasteiger partial charge in [-0.25, -0.2) is 0 Å². The number of hydrogen-bond donors (Lipinski definition) is 1. The quantitative estimate of drug-likeness (QED) is 0.811. The zero-order chi connectivity index (χ0) is 16.8. The molecule has 1 aliphatic rings. The summed E-state index contributed by atoms with van der Waals surface area (Å²) < 4.78 is 0. The zero-order valence-corrected chi connectivity index (χ0v) is 14.8. The van der Waals surface area contributed by atoms with E-state index in [0.29, 0.717) is 11.8 Å². The van der Waals surface area contributed by atoms with Gasteiger partial charge in [-0.05, 0) is 37.0 Å². The first-order chi connectivity index (χ1) is 11.7. The van der Waals surface area contributed by atoms with Crippen LogP contribution in [0.1, 0.15) is 38.2 Å². The van der Waals surface area contributed by atoms with Crippen LogP contribution in [-0.2, 0) is 11.2 Å². The maximum absolute atomic E-state index is 11.9. The molecule has 1 fully saturated rings. The number of benzene rings is 1. The predicted molar refractivity (Wildman–Crippen MR) is 98.0 cm³/mol. The highest BCUT2D eigenvalue weighted by atomic mass is 32.2. The first-order valence-corrected chi connectivity index (χ1v) is 9.58. The molecule has 3 rings (SSSR count). The summed E-state index contributed by atoms with van der Waals surface area (Å²) in [5, 5.41) is 12.4. The Balaban J connectivity index is 1.52. The number of amides is 1. The van der Waals surface area contributed by atoms with Gasteiger partial charge in [-0.3, -0.25) is 4.79 Å². The Morgan fingerprint density at radius 1 is 1.12 bits per heavy atom. The third kappa shape index (κ3) is 4.57. The summed E-state index contributed by atoms with van der Waals surface area (Å²) in [5.74, 6) is 0.489. The smallest absolute Gasteiger partial charge is 0.230 e. The topological polar surface area (TPSA) is 54.9 Å². The van der Waals surface area contributed by atoms with Crippen LogP contribution >= 0.6 is 11.8 Å². The van der Waals surface area contributed by atoms with Crippen molar-refractivity contribution < 1.29 is 4.79 Å². The monoisotopic (exact) mass is 341 g/mol. The number of nitrogens with zero attached hydrogens (tertiary/aromatic N) is 2. The van der Waals surface area contributed by atoms with E-state index in [1.807, 2.05) is 12.1 Å². The molecule has 1 aromatic carbocycles. The third-order valence-corrected chi connectivity index (χ3v) is 5.29. The van der Waals surface area contributed by atoms with E-state index in [1.54, 1.807) is 0 Å².